The first-order chi connectivity index (χ1) is 7.20. The molecule has 1 aromatic carbocycles. The molecule has 1 heterocycles. The average Bonchev–Trinajstić information content (AvgIpc) is 2.70. The van der Waals surface area contributed by atoms with Crippen molar-refractivity contribution in [2.24, 2.45) is 0 Å². The minimum absolute atomic E-state index is 0.0386. The summed E-state index contributed by atoms with van der Waals surface area (Å²) in [5.74, 6) is -0.587. The third kappa shape index (κ3) is 1.78. The van der Waals surface area contributed by atoms with Gasteiger partial charge in [-0.3, -0.25) is 0 Å². The topological polar surface area (TPSA) is 67.4 Å². The molecule has 2 aromatic rings. The van der Waals surface area contributed by atoms with Gasteiger partial charge in [0.15, 0.2) is 0 Å². The maximum atomic E-state index is 12.8. The van der Waals surface area contributed by atoms with Crippen LogP contribution in [0.25, 0.3) is 5.69 Å². The van der Waals surface area contributed by atoms with Gasteiger partial charge >= 0.3 is 0 Å². The van der Waals surface area contributed by atoms with Crippen LogP contribution >= 0.6 is 11.6 Å². The van der Waals surface area contributed by atoms with E-state index in [0.717, 1.165) is 4.80 Å². The Hall–Kier alpha value is -2.00. The average molecular weight is 224 g/mol. The molecule has 0 radical (unpaired) electrons. The van der Waals surface area contributed by atoms with Gasteiger partial charge in [-0.1, -0.05) is 16.7 Å². The smallest absolute Gasteiger partial charge is 0.205 e. The number of benzene rings is 1. The van der Waals surface area contributed by atoms with Crippen LogP contribution < -0.4 is 0 Å². The van der Waals surface area contributed by atoms with Gasteiger partial charge in [-0.15, -0.1) is 9.90 Å². The number of rotatable bonds is 1. The second-order valence-electron chi connectivity index (χ2n) is 2.61. The van der Waals surface area contributed by atoms with Gasteiger partial charge in [-0.2, -0.15) is 5.26 Å². The number of hydrogen-bond acceptors (Lipinski definition) is 4. The molecular formula is C8H3ClFN5. The third-order valence-corrected chi connectivity index (χ3v) is 1.94. The largest absolute Gasteiger partial charge is 0.274 e. The van der Waals surface area contributed by atoms with Crippen molar-refractivity contribution in [2.75, 3.05) is 0 Å². The summed E-state index contributed by atoms with van der Waals surface area (Å²) < 4.78 is 12.8. The van der Waals surface area contributed by atoms with Crippen LogP contribution in [-0.2, 0) is 0 Å². The molecule has 0 amide bonds. The van der Waals surface area contributed by atoms with Crippen molar-refractivity contribution >= 4 is 11.6 Å². The van der Waals surface area contributed by atoms with Gasteiger partial charge in [0.25, 0.3) is 5.82 Å². The molecule has 74 valence electrons. The van der Waals surface area contributed by atoms with Crippen LogP contribution in [0.4, 0.5) is 4.39 Å². The zero-order valence-corrected chi connectivity index (χ0v) is 7.98. The van der Waals surface area contributed by atoms with E-state index in [9.17, 15) is 4.39 Å². The number of nitriles is 1. The Kier molecular flexibility index (Phi) is 2.31. The SMILES string of the molecule is N#Cc1nnn(-c2ccc(F)c(Cl)c2)n1. The number of aromatic nitrogens is 4. The van der Waals surface area contributed by atoms with E-state index >= 15 is 0 Å². The van der Waals surface area contributed by atoms with Crippen molar-refractivity contribution in [3.63, 3.8) is 0 Å². The molecule has 0 spiro atoms. The highest BCUT2D eigenvalue weighted by Gasteiger charge is 2.06. The van der Waals surface area contributed by atoms with Crippen LogP contribution in [0.1, 0.15) is 5.82 Å². The molecule has 2 rings (SSSR count). The molecule has 0 aliphatic carbocycles. The molecule has 0 saturated carbocycles. The molecule has 0 aliphatic heterocycles. The second-order valence-corrected chi connectivity index (χ2v) is 3.02. The van der Waals surface area contributed by atoms with Crippen LogP contribution in [0.3, 0.4) is 0 Å². The predicted molar refractivity (Wildman–Crippen MR) is 48.8 cm³/mol. The normalized spacial score (nSPS) is 9.93. The van der Waals surface area contributed by atoms with Crippen molar-refractivity contribution in [3.05, 3.63) is 34.9 Å². The van der Waals surface area contributed by atoms with Crippen molar-refractivity contribution in [1.82, 2.24) is 20.2 Å². The molecule has 5 nitrogen and oxygen atoms in total. The Labute approximate surface area is 88.7 Å². The number of nitrogens with zero attached hydrogens (tertiary/aromatic N) is 5. The predicted octanol–water partition coefficient (Wildman–Crippen LogP) is 1.33. The van der Waals surface area contributed by atoms with Gasteiger partial charge in [-0.25, -0.2) is 4.39 Å². The van der Waals surface area contributed by atoms with E-state index in [0.29, 0.717) is 5.69 Å². The van der Waals surface area contributed by atoms with E-state index in [1.165, 1.54) is 18.2 Å². The van der Waals surface area contributed by atoms with Crippen molar-refractivity contribution < 1.29 is 4.39 Å². The zero-order chi connectivity index (χ0) is 10.8. The van der Waals surface area contributed by atoms with E-state index in [1.54, 1.807) is 6.07 Å². The van der Waals surface area contributed by atoms with E-state index in [4.69, 9.17) is 16.9 Å². The standard InChI is InChI=1S/C8H3ClFN5/c9-6-3-5(1-2-7(6)10)15-13-8(4-11)12-14-15/h1-3H. The molecule has 1 aromatic heterocycles. The van der Waals surface area contributed by atoms with Crippen LogP contribution in [-0.4, -0.2) is 20.2 Å². The monoisotopic (exact) mass is 223 g/mol. The van der Waals surface area contributed by atoms with E-state index < -0.39 is 5.82 Å². The molecule has 0 atom stereocenters. The molecular weight excluding hydrogens is 221 g/mol. The fraction of sp³-hybridized carbons (Fsp3) is 0. The van der Waals surface area contributed by atoms with E-state index in [-0.39, 0.29) is 10.8 Å². The maximum Gasteiger partial charge on any atom is 0.274 e. The Morgan fingerprint density at radius 3 is 2.87 bits per heavy atom. The molecule has 0 N–H and O–H groups in total. The number of halogens is 2. The second kappa shape index (κ2) is 3.63. The Bertz CT molecular complexity index is 544. The highest BCUT2D eigenvalue weighted by Crippen LogP contribution is 2.17. The lowest BCUT2D eigenvalue weighted by molar-refractivity contribution is 0.626. The highest BCUT2D eigenvalue weighted by atomic mass is 35.5. The van der Waals surface area contributed by atoms with Gasteiger partial charge in [0.2, 0.25) is 0 Å². The van der Waals surface area contributed by atoms with Crippen LogP contribution in [0.2, 0.25) is 5.02 Å². The van der Waals surface area contributed by atoms with Gasteiger partial charge in [0, 0.05) is 0 Å². The summed E-state index contributed by atoms with van der Waals surface area (Å²) in [5.41, 5.74) is 0.440. The van der Waals surface area contributed by atoms with Crippen LogP contribution in [0.5, 0.6) is 0 Å². The molecule has 0 unspecified atom stereocenters. The van der Waals surface area contributed by atoms with Crippen LogP contribution in [0.15, 0.2) is 18.2 Å². The molecule has 0 bridgehead atoms. The minimum Gasteiger partial charge on any atom is -0.205 e. The lowest BCUT2D eigenvalue weighted by Crippen LogP contribution is -1.99. The fourth-order valence-corrected chi connectivity index (χ4v) is 1.15. The van der Waals surface area contributed by atoms with Crippen molar-refractivity contribution in [1.29, 1.82) is 5.26 Å². The Morgan fingerprint density at radius 1 is 1.47 bits per heavy atom. The molecule has 7 heteroatoms. The van der Waals surface area contributed by atoms with Crippen molar-refractivity contribution in [2.45, 2.75) is 0 Å². The summed E-state index contributed by atoms with van der Waals surface area (Å²) >= 11 is 5.58. The van der Waals surface area contributed by atoms with Crippen molar-refractivity contribution in [3.8, 4) is 11.8 Å². The summed E-state index contributed by atoms with van der Waals surface area (Å²) in [6.07, 6.45) is 0. The number of hydrogen-bond donors (Lipinski definition) is 0. The zero-order valence-electron chi connectivity index (χ0n) is 7.22. The lowest BCUT2D eigenvalue weighted by Gasteiger charge is -1.98. The molecule has 0 aliphatic rings. The first-order valence-corrected chi connectivity index (χ1v) is 4.24. The van der Waals surface area contributed by atoms with E-state index in [1.807, 2.05) is 0 Å². The Balaban J connectivity index is 2.46. The summed E-state index contributed by atoms with van der Waals surface area (Å²) in [6, 6.07) is 5.70. The van der Waals surface area contributed by atoms with E-state index in [2.05, 4.69) is 15.4 Å². The van der Waals surface area contributed by atoms with Gasteiger partial charge < -0.3 is 0 Å². The Morgan fingerprint density at radius 2 is 2.27 bits per heavy atom. The lowest BCUT2D eigenvalue weighted by atomic mass is 10.3. The number of tetrazole rings is 1. The summed E-state index contributed by atoms with van der Waals surface area (Å²) in [5, 5.41) is 19.2. The fourth-order valence-electron chi connectivity index (χ4n) is 0.978. The summed E-state index contributed by atoms with van der Waals surface area (Å²) in [4.78, 5) is 1.10. The highest BCUT2D eigenvalue weighted by molar-refractivity contribution is 6.30. The first kappa shape index (κ1) is 9.55. The van der Waals surface area contributed by atoms with Crippen LogP contribution in [0, 0.1) is 17.1 Å². The summed E-state index contributed by atoms with van der Waals surface area (Å²) in [7, 11) is 0. The molecule has 0 fully saturated rings. The maximum absolute atomic E-state index is 12.8. The van der Waals surface area contributed by atoms with Gasteiger partial charge in [0.1, 0.15) is 11.9 Å². The minimum atomic E-state index is -0.527. The molecule has 0 saturated heterocycles. The van der Waals surface area contributed by atoms with Gasteiger partial charge in [-0.05, 0) is 23.4 Å². The summed E-state index contributed by atoms with van der Waals surface area (Å²) in [6.45, 7) is 0. The molecule has 15 heavy (non-hydrogen) atoms. The third-order valence-electron chi connectivity index (χ3n) is 1.65. The quantitative estimate of drug-likeness (QED) is 0.731. The van der Waals surface area contributed by atoms with Gasteiger partial charge in [0.05, 0.1) is 10.7 Å². The first-order valence-electron chi connectivity index (χ1n) is 3.86.